The number of hydrogen-bond acceptors (Lipinski definition) is 3. The highest BCUT2D eigenvalue weighted by Gasteiger charge is 2.30. The molecular weight excluding hydrogens is 278 g/mol. The van der Waals surface area contributed by atoms with E-state index in [9.17, 15) is 9.90 Å². The first-order chi connectivity index (χ1) is 10.7. The predicted molar refractivity (Wildman–Crippen MR) is 81.2 cm³/mol. The molecule has 1 unspecified atom stereocenters. The number of carbonyl (C=O) groups is 1. The number of fused-ring (bicyclic) bond motifs is 1. The maximum absolute atomic E-state index is 11.2. The zero-order valence-electron chi connectivity index (χ0n) is 12.2. The van der Waals surface area contributed by atoms with Gasteiger partial charge in [-0.25, -0.2) is 0 Å². The molecule has 0 fully saturated rings. The number of nitriles is 1. The van der Waals surface area contributed by atoms with Crippen molar-refractivity contribution in [2.24, 2.45) is 0 Å². The molecule has 22 heavy (non-hydrogen) atoms. The molecule has 0 bridgehead atoms. The zero-order chi connectivity index (χ0) is 15.5. The normalized spacial score (nSPS) is 16.8. The van der Waals surface area contributed by atoms with Crippen molar-refractivity contribution in [1.29, 1.82) is 5.26 Å². The van der Waals surface area contributed by atoms with E-state index in [2.05, 4.69) is 11.2 Å². The van der Waals surface area contributed by atoms with Crippen LogP contribution < -0.4 is 0 Å². The largest absolute Gasteiger partial charge is 0.481 e. The lowest BCUT2D eigenvalue weighted by Crippen LogP contribution is -2.15. The molecule has 1 heterocycles. The van der Waals surface area contributed by atoms with Gasteiger partial charge in [0, 0.05) is 16.8 Å². The molecule has 1 N–H and O–H groups in total. The van der Waals surface area contributed by atoms with Crippen LogP contribution >= 0.6 is 0 Å². The Kier molecular flexibility index (Phi) is 3.92. The minimum absolute atomic E-state index is 0.0242. The Bertz CT molecular complexity index is 728. The Labute approximate surface area is 128 Å². The van der Waals surface area contributed by atoms with Crippen LogP contribution in [0.25, 0.3) is 11.3 Å². The molecule has 0 aliphatic heterocycles. The van der Waals surface area contributed by atoms with Gasteiger partial charge in [0.2, 0.25) is 0 Å². The van der Waals surface area contributed by atoms with Gasteiger partial charge in [-0.3, -0.25) is 9.48 Å². The van der Waals surface area contributed by atoms with E-state index >= 15 is 0 Å². The van der Waals surface area contributed by atoms with Gasteiger partial charge >= 0.3 is 5.97 Å². The van der Waals surface area contributed by atoms with Crippen molar-refractivity contribution >= 4 is 5.97 Å². The summed E-state index contributed by atoms with van der Waals surface area (Å²) in [5.41, 5.74) is 3.86. The molecule has 1 aliphatic carbocycles. The SMILES string of the molecule is N#CCn1nc(-c2ccccc2)c2c1CCCC2CC(=O)O. The van der Waals surface area contributed by atoms with E-state index in [1.807, 2.05) is 30.3 Å². The van der Waals surface area contributed by atoms with E-state index in [-0.39, 0.29) is 18.9 Å². The Hall–Kier alpha value is -2.61. The van der Waals surface area contributed by atoms with Crippen molar-refractivity contribution in [3.05, 3.63) is 41.6 Å². The highest BCUT2D eigenvalue weighted by Crippen LogP contribution is 2.40. The fourth-order valence-corrected chi connectivity index (χ4v) is 3.29. The Morgan fingerprint density at radius 2 is 2.18 bits per heavy atom. The molecule has 2 aromatic rings. The molecule has 0 saturated carbocycles. The topological polar surface area (TPSA) is 78.9 Å². The van der Waals surface area contributed by atoms with Crippen LogP contribution in [-0.4, -0.2) is 20.9 Å². The van der Waals surface area contributed by atoms with Gasteiger partial charge in [0.1, 0.15) is 6.54 Å². The van der Waals surface area contributed by atoms with Gasteiger partial charge in [0.05, 0.1) is 18.2 Å². The number of carboxylic acids is 1. The van der Waals surface area contributed by atoms with E-state index in [0.717, 1.165) is 41.8 Å². The quantitative estimate of drug-likeness (QED) is 0.940. The van der Waals surface area contributed by atoms with E-state index in [1.54, 1.807) is 4.68 Å². The van der Waals surface area contributed by atoms with Crippen LogP contribution in [0.15, 0.2) is 30.3 Å². The van der Waals surface area contributed by atoms with Crippen LogP contribution in [0, 0.1) is 11.3 Å². The standard InChI is InChI=1S/C17H17N3O2/c18-9-10-20-14-8-4-7-13(11-15(21)22)16(14)17(19-20)12-5-2-1-3-6-12/h1-3,5-6,13H,4,7-8,10-11H2,(H,21,22). The molecule has 5 nitrogen and oxygen atoms in total. The molecule has 1 aromatic carbocycles. The second-order valence-corrected chi connectivity index (χ2v) is 5.58. The number of benzene rings is 1. The van der Waals surface area contributed by atoms with Crippen molar-refractivity contribution in [3.8, 4) is 17.3 Å². The Morgan fingerprint density at radius 3 is 2.86 bits per heavy atom. The number of aliphatic carboxylic acids is 1. The van der Waals surface area contributed by atoms with Gasteiger partial charge in [0.15, 0.2) is 0 Å². The van der Waals surface area contributed by atoms with Gasteiger partial charge < -0.3 is 5.11 Å². The Morgan fingerprint density at radius 1 is 1.41 bits per heavy atom. The van der Waals surface area contributed by atoms with Gasteiger partial charge in [-0.15, -0.1) is 0 Å². The molecule has 112 valence electrons. The number of rotatable bonds is 4. The first kappa shape index (κ1) is 14.3. The number of hydrogen-bond donors (Lipinski definition) is 1. The fraction of sp³-hybridized carbons (Fsp3) is 0.353. The zero-order valence-corrected chi connectivity index (χ0v) is 12.2. The first-order valence-electron chi connectivity index (χ1n) is 7.44. The second kappa shape index (κ2) is 6.02. The molecule has 1 atom stereocenters. The molecular formula is C17H17N3O2. The van der Waals surface area contributed by atoms with Gasteiger partial charge in [0.25, 0.3) is 0 Å². The van der Waals surface area contributed by atoms with Crippen LogP contribution in [0.2, 0.25) is 0 Å². The average Bonchev–Trinajstić information content (AvgIpc) is 2.88. The van der Waals surface area contributed by atoms with Gasteiger partial charge in [-0.1, -0.05) is 30.3 Å². The minimum Gasteiger partial charge on any atom is -0.481 e. The third kappa shape index (κ3) is 2.60. The molecule has 0 spiro atoms. The van der Waals surface area contributed by atoms with Gasteiger partial charge in [-0.2, -0.15) is 10.4 Å². The summed E-state index contributed by atoms with van der Waals surface area (Å²) in [6.07, 6.45) is 2.77. The number of aromatic nitrogens is 2. The smallest absolute Gasteiger partial charge is 0.303 e. The number of carboxylic acid groups (broad SMARTS) is 1. The minimum atomic E-state index is -0.787. The van der Waals surface area contributed by atoms with E-state index < -0.39 is 5.97 Å². The highest BCUT2D eigenvalue weighted by atomic mass is 16.4. The summed E-state index contributed by atoms with van der Waals surface area (Å²) in [5.74, 6) is -0.811. The maximum atomic E-state index is 11.2. The van der Waals surface area contributed by atoms with Crippen LogP contribution in [0.5, 0.6) is 0 Å². The van der Waals surface area contributed by atoms with Crippen molar-refractivity contribution in [3.63, 3.8) is 0 Å². The van der Waals surface area contributed by atoms with Gasteiger partial charge in [-0.05, 0) is 25.2 Å². The lowest BCUT2D eigenvalue weighted by Gasteiger charge is -2.22. The van der Waals surface area contributed by atoms with E-state index in [0.29, 0.717) is 0 Å². The first-order valence-corrected chi connectivity index (χ1v) is 7.44. The van der Waals surface area contributed by atoms with E-state index in [4.69, 9.17) is 5.26 Å². The summed E-state index contributed by atoms with van der Waals surface area (Å²) in [5, 5.41) is 22.8. The summed E-state index contributed by atoms with van der Waals surface area (Å²) in [4.78, 5) is 11.2. The third-order valence-corrected chi connectivity index (χ3v) is 4.16. The predicted octanol–water partition coefficient (Wildman–Crippen LogP) is 2.97. The molecule has 1 aliphatic rings. The summed E-state index contributed by atoms with van der Waals surface area (Å²) in [7, 11) is 0. The summed E-state index contributed by atoms with van der Waals surface area (Å²) in [6.45, 7) is 0.203. The lowest BCUT2D eigenvalue weighted by molar-refractivity contribution is -0.137. The summed E-state index contributed by atoms with van der Waals surface area (Å²) in [6, 6.07) is 11.9. The summed E-state index contributed by atoms with van der Waals surface area (Å²) >= 11 is 0. The van der Waals surface area contributed by atoms with Crippen molar-refractivity contribution in [1.82, 2.24) is 9.78 Å². The average molecular weight is 295 g/mol. The Balaban J connectivity index is 2.14. The maximum Gasteiger partial charge on any atom is 0.303 e. The summed E-state index contributed by atoms with van der Waals surface area (Å²) < 4.78 is 1.74. The molecule has 5 heteroatoms. The third-order valence-electron chi connectivity index (χ3n) is 4.16. The van der Waals surface area contributed by atoms with Crippen molar-refractivity contribution in [2.45, 2.75) is 38.1 Å². The van der Waals surface area contributed by atoms with Crippen molar-refractivity contribution in [2.75, 3.05) is 0 Å². The van der Waals surface area contributed by atoms with Crippen LogP contribution in [-0.2, 0) is 17.8 Å². The molecule has 0 radical (unpaired) electrons. The monoisotopic (exact) mass is 295 g/mol. The molecule has 0 amide bonds. The van der Waals surface area contributed by atoms with Crippen molar-refractivity contribution < 1.29 is 9.90 Å². The molecule has 3 rings (SSSR count). The highest BCUT2D eigenvalue weighted by molar-refractivity contribution is 5.71. The van der Waals surface area contributed by atoms with Crippen LogP contribution in [0.3, 0.4) is 0 Å². The molecule has 1 aromatic heterocycles. The van der Waals surface area contributed by atoms with E-state index in [1.165, 1.54) is 0 Å². The van der Waals surface area contributed by atoms with Crippen LogP contribution in [0.1, 0.15) is 36.4 Å². The fourth-order valence-electron chi connectivity index (χ4n) is 3.29. The lowest BCUT2D eigenvalue weighted by atomic mass is 9.82. The molecule has 0 saturated heterocycles. The second-order valence-electron chi connectivity index (χ2n) is 5.58. The van der Waals surface area contributed by atoms with Crippen LogP contribution in [0.4, 0.5) is 0 Å². The number of nitrogens with zero attached hydrogens (tertiary/aromatic N) is 3.